The van der Waals surface area contributed by atoms with E-state index in [1.807, 2.05) is 36.4 Å². The quantitative estimate of drug-likeness (QED) is 0.851. The van der Waals surface area contributed by atoms with Gasteiger partial charge in [-0.05, 0) is 37.6 Å². The van der Waals surface area contributed by atoms with Crippen LogP contribution in [0, 0.1) is 0 Å². The van der Waals surface area contributed by atoms with Crippen LogP contribution in [-0.2, 0) is 11.3 Å². The average molecular weight is 327 g/mol. The number of benzene rings is 1. The highest BCUT2D eigenvalue weighted by molar-refractivity contribution is 5.82. The zero-order chi connectivity index (χ0) is 16.8. The van der Waals surface area contributed by atoms with E-state index in [1.165, 1.54) is 0 Å². The van der Waals surface area contributed by atoms with Gasteiger partial charge in [0.25, 0.3) is 0 Å². The largest absolute Gasteiger partial charge is 0.493 e. The van der Waals surface area contributed by atoms with E-state index in [0.717, 1.165) is 24.9 Å². The molecule has 1 aromatic carbocycles. The molecule has 2 N–H and O–H groups in total. The second kappa shape index (κ2) is 7.79. The second-order valence-corrected chi connectivity index (χ2v) is 5.59. The Balaban J connectivity index is 1.69. The molecule has 2 heterocycles. The standard InChI is InChI=1S/C18H21N3O3/c1-23-15-8-2-3-9-16(15)24-18-13(6-4-11-20-18)12-21-17(22)14-7-5-10-19-14/h2-4,6,8-9,11,14,19H,5,7,10,12H2,1H3,(H,21,22)/t14-/m1/s1. The van der Waals surface area contributed by atoms with Crippen molar-refractivity contribution in [3.63, 3.8) is 0 Å². The van der Waals surface area contributed by atoms with Gasteiger partial charge in [-0.1, -0.05) is 18.2 Å². The number of carbonyl (C=O) groups is 1. The first-order valence-corrected chi connectivity index (χ1v) is 8.04. The third-order valence-corrected chi connectivity index (χ3v) is 3.96. The van der Waals surface area contributed by atoms with E-state index in [-0.39, 0.29) is 11.9 Å². The molecule has 2 aromatic rings. The van der Waals surface area contributed by atoms with Crippen LogP contribution in [0.1, 0.15) is 18.4 Å². The van der Waals surface area contributed by atoms with E-state index in [9.17, 15) is 4.79 Å². The number of carbonyl (C=O) groups excluding carboxylic acids is 1. The maximum Gasteiger partial charge on any atom is 0.237 e. The summed E-state index contributed by atoms with van der Waals surface area (Å²) in [7, 11) is 1.59. The third kappa shape index (κ3) is 3.83. The Labute approximate surface area is 141 Å². The van der Waals surface area contributed by atoms with Crippen LogP contribution in [0.2, 0.25) is 0 Å². The molecule has 1 atom stereocenters. The zero-order valence-corrected chi connectivity index (χ0v) is 13.6. The lowest BCUT2D eigenvalue weighted by atomic mass is 10.2. The molecular weight excluding hydrogens is 306 g/mol. The Kier molecular flexibility index (Phi) is 5.28. The van der Waals surface area contributed by atoms with Gasteiger partial charge in [-0.15, -0.1) is 0 Å². The average Bonchev–Trinajstić information content (AvgIpc) is 3.16. The van der Waals surface area contributed by atoms with Crippen LogP contribution in [0.15, 0.2) is 42.6 Å². The number of methoxy groups -OCH3 is 1. The number of nitrogens with zero attached hydrogens (tertiary/aromatic N) is 1. The number of amides is 1. The molecule has 0 aliphatic carbocycles. The highest BCUT2D eigenvalue weighted by Gasteiger charge is 2.22. The van der Waals surface area contributed by atoms with Crippen molar-refractivity contribution in [2.45, 2.75) is 25.4 Å². The van der Waals surface area contributed by atoms with Crippen molar-refractivity contribution in [2.24, 2.45) is 0 Å². The minimum absolute atomic E-state index is 0.0135. The van der Waals surface area contributed by atoms with Crippen LogP contribution < -0.4 is 20.1 Å². The Hall–Kier alpha value is -2.60. The van der Waals surface area contributed by atoms with Crippen LogP contribution in [0.25, 0.3) is 0 Å². The maximum absolute atomic E-state index is 12.1. The molecule has 1 fully saturated rings. The number of hydrogen-bond donors (Lipinski definition) is 2. The molecule has 1 aromatic heterocycles. The highest BCUT2D eigenvalue weighted by atomic mass is 16.5. The summed E-state index contributed by atoms with van der Waals surface area (Å²) in [5.74, 6) is 1.69. The molecular formula is C18H21N3O3. The van der Waals surface area contributed by atoms with Crippen molar-refractivity contribution in [1.82, 2.24) is 15.6 Å². The topological polar surface area (TPSA) is 72.5 Å². The van der Waals surface area contributed by atoms with Crippen molar-refractivity contribution in [2.75, 3.05) is 13.7 Å². The zero-order valence-electron chi connectivity index (χ0n) is 13.6. The van der Waals surface area contributed by atoms with Gasteiger partial charge in [0.05, 0.1) is 13.2 Å². The van der Waals surface area contributed by atoms with E-state index < -0.39 is 0 Å². The number of nitrogens with one attached hydrogen (secondary N) is 2. The van der Waals surface area contributed by atoms with Crippen LogP contribution >= 0.6 is 0 Å². The van der Waals surface area contributed by atoms with Crippen molar-refractivity contribution in [3.8, 4) is 17.4 Å². The number of aromatic nitrogens is 1. The van der Waals surface area contributed by atoms with Crippen LogP contribution in [0.5, 0.6) is 17.4 Å². The lowest BCUT2D eigenvalue weighted by Gasteiger charge is -2.14. The maximum atomic E-state index is 12.1. The molecule has 0 saturated carbocycles. The van der Waals surface area contributed by atoms with Gasteiger partial charge in [0.1, 0.15) is 0 Å². The number of pyridine rings is 1. The molecule has 24 heavy (non-hydrogen) atoms. The highest BCUT2D eigenvalue weighted by Crippen LogP contribution is 2.31. The minimum Gasteiger partial charge on any atom is -0.493 e. The molecule has 1 saturated heterocycles. The van der Waals surface area contributed by atoms with Gasteiger partial charge in [-0.2, -0.15) is 0 Å². The SMILES string of the molecule is COc1ccccc1Oc1ncccc1CNC(=O)[C@H]1CCCN1. The normalized spacial score (nSPS) is 16.6. The molecule has 0 bridgehead atoms. The molecule has 0 spiro atoms. The van der Waals surface area contributed by atoms with E-state index in [0.29, 0.717) is 23.9 Å². The fourth-order valence-electron chi connectivity index (χ4n) is 2.67. The van der Waals surface area contributed by atoms with Crippen LogP contribution in [-0.4, -0.2) is 30.6 Å². The number of para-hydroxylation sites is 2. The molecule has 0 unspecified atom stereocenters. The fraction of sp³-hybridized carbons (Fsp3) is 0.333. The molecule has 1 aliphatic rings. The summed E-state index contributed by atoms with van der Waals surface area (Å²) in [5, 5.41) is 6.13. The Bertz CT molecular complexity index is 699. The van der Waals surface area contributed by atoms with Gasteiger partial charge in [-0.25, -0.2) is 4.98 Å². The summed E-state index contributed by atoms with van der Waals surface area (Å²) in [6, 6.07) is 11.0. The Morgan fingerprint density at radius 3 is 2.88 bits per heavy atom. The van der Waals surface area contributed by atoms with Gasteiger partial charge in [0, 0.05) is 18.3 Å². The van der Waals surface area contributed by atoms with Crippen LogP contribution in [0.4, 0.5) is 0 Å². The predicted molar refractivity (Wildman–Crippen MR) is 90.2 cm³/mol. The summed E-state index contributed by atoms with van der Waals surface area (Å²) in [4.78, 5) is 16.4. The van der Waals surface area contributed by atoms with Gasteiger partial charge >= 0.3 is 0 Å². The van der Waals surface area contributed by atoms with Gasteiger partial charge in [0.15, 0.2) is 11.5 Å². The van der Waals surface area contributed by atoms with Crippen molar-refractivity contribution in [3.05, 3.63) is 48.2 Å². The first kappa shape index (κ1) is 16.3. The Morgan fingerprint density at radius 2 is 2.12 bits per heavy atom. The molecule has 6 heteroatoms. The van der Waals surface area contributed by atoms with E-state index in [4.69, 9.17) is 9.47 Å². The molecule has 6 nitrogen and oxygen atoms in total. The lowest BCUT2D eigenvalue weighted by molar-refractivity contribution is -0.122. The number of ether oxygens (including phenoxy) is 2. The summed E-state index contributed by atoms with van der Waals surface area (Å²) >= 11 is 0. The van der Waals surface area contributed by atoms with Crippen molar-refractivity contribution < 1.29 is 14.3 Å². The van der Waals surface area contributed by atoms with Crippen molar-refractivity contribution >= 4 is 5.91 Å². The van der Waals surface area contributed by atoms with E-state index in [2.05, 4.69) is 15.6 Å². The molecule has 3 rings (SSSR count). The van der Waals surface area contributed by atoms with E-state index in [1.54, 1.807) is 13.3 Å². The third-order valence-electron chi connectivity index (χ3n) is 3.96. The molecule has 126 valence electrons. The van der Waals surface area contributed by atoms with Gasteiger partial charge < -0.3 is 20.1 Å². The first-order chi connectivity index (χ1) is 11.8. The molecule has 1 aliphatic heterocycles. The van der Waals surface area contributed by atoms with Gasteiger partial charge in [-0.3, -0.25) is 4.79 Å². The molecule has 0 radical (unpaired) electrons. The number of rotatable bonds is 6. The predicted octanol–water partition coefficient (Wildman–Crippen LogP) is 2.25. The summed E-state index contributed by atoms with van der Waals surface area (Å²) in [6.45, 7) is 1.27. The van der Waals surface area contributed by atoms with Gasteiger partial charge in [0.2, 0.25) is 11.8 Å². The smallest absolute Gasteiger partial charge is 0.237 e. The second-order valence-electron chi connectivity index (χ2n) is 5.59. The monoisotopic (exact) mass is 327 g/mol. The summed E-state index contributed by atoms with van der Waals surface area (Å²) in [5.41, 5.74) is 0.815. The fourth-order valence-corrected chi connectivity index (χ4v) is 2.67. The minimum atomic E-state index is -0.0970. The number of hydrogen-bond acceptors (Lipinski definition) is 5. The summed E-state index contributed by atoms with van der Waals surface area (Å²) in [6.07, 6.45) is 3.57. The molecule has 1 amide bonds. The van der Waals surface area contributed by atoms with E-state index >= 15 is 0 Å². The Morgan fingerprint density at radius 1 is 1.29 bits per heavy atom. The first-order valence-electron chi connectivity index (χ1n) is 8.04. The van der Waals surface area contributed by atoms with Crippen LogP contribution in [0.3, 0.4) is 0 Å². The van der Waals surface area contributed by atoms with Crippen molar-refractivity contribution in [1.29, 1.82) is 0 Å². The summed E-state index contributed by atoms with van der Waals surface area (Å²) < 4.78 is 11.2. The lowest BCUT2D eigenvalue weighted by Crippen LogP contribution is -2.40.